The number of halogens is 1. The van der Waals surface area contributed by atoms with Crippen molar-refractivity contribution in [1.82, 2.24) is 0 Å². The number of hydrogen-bond donors (Lipinski definition) is 0. The number of rotatable bonds is 2. The summed E-state index contributed by atoms with van der Waals surface area (Å²) in [5.41, 5.74) is 7.27. The van der Waals surface area contributed by atoms with Crippen LogP contribution in [0, 0.1) is 0 Å². The first-order valence-electron chi connectivity index (χ1n) is 11.2. The van der Waals surface area contributed by atoms with Crippen LogP contribution >= 0.6 is 15.9 Å². The SMILES string of the molecule is Brc1cccc2c1oc1c(C3=CC(c4cccc5c4oc4ccccc45)CC=C3)cccc12. The zero-order chi connectivity index (χ0) is 21.9. The van der Waals surface area contributed by atoms with Gasteiger partial charge in [0.2, 0.25) is 0 Å². The average molecular weight is 491 g/mol. The summed E-state index contributed by atoms with van der Waals surface area (Å²) in [6.07, 6.45) is 7.78. The van der Waals surface area contributed by atoms with Crippen LogP contribution in [0.3, 0.4) is 0 Å². The fourth-order valence-electron chi connectivity index (χ4n) is 5.15. The van der Waals surface area contributed by atoms with Gasteiger partial charge in [0.25, 0.3) is 0 Å². The van der Waals surface area contributed by atoms with Gasteiger partial charge in [-0.2, -0.15) is 0 Å². The first kappa shape index (κ1) is 19.0. The third-order valence-electron chi connectivity index (χ3n) is 6.69. The zero-order valence-corrected chi connectivity index (χ0v) is 19.3. The van der Waals surface area contributed by atoms with E-state index in [0.29, 0.717) is 0 Å². The van der Waals surface area contributed by atoms with E-state index in [1.54, 1.807) is 0 Å². The van der Waals surface area contributed by atoms with Crippen LogP contribution in [0.25, 0.3) is 49.5 Å². The minimum Gasteiger partial charge on any atom is -0.456 e. The number of allylic oxidation sites excluding steroid dienone is 4. The highest BCUT2D eigenvalue weighted by Gasteiger charge is 2.21. The smallest absolute Gasteiger partial charge is 0.149 e. The maximum Gasteiger partial charge on any atom is 0.149 e. The fraction of sp³-hybridized carbons (Fsp3) is 0.0667. The van der Waals surface area contributed by atoms with E-state index in [2.05, 4.69) is 94.8 Å². The first-order chi connectivity index (χ1) is 16.3. The monoisotopic (exact) mass is 490 g/mol. The molecule has 2 aromatic heterocycles. The average Bonchev–Trinajstić information content (AvgIpc) is 3.43. The van der Waals surface area contributed by atoms with Crippen LogP contribution in [0.5, 0.6) is 0 Å². The number of hydrogen-bond acceptors (Lipinski definition) is 2. The summed E-state index contributed by atoms with van der Waals surface area (Å²) >= 11 is 3.64. The summed E-state index contributed by atoms with van der Waals surface area (Å²) in [7, 11) is 0. The van der Waals surface area contributed by atoms with Crippen molar-refractivity contribution in [3.8, 4) is 0 Å². The molecule has 1 aliphatic carbocycles. The molecule has 7 rings (SSSR count). The summed E-state index contributed by atoms with van der Waals surface area (Å²) in [5, 5.41) is 4.61. The van der Waals surface area contributed by atoms with Crippen LogP contribution in [0.2, 0.25) is 0 Å². The second kappa shape index (κ2) is 7.23. The molecular weight excluding hydrogens is 472 g/mol. The van der Waals surface area contributed by atoms with E-state index >= 15 is 0 Å². The molecule has 158 valence electrons. The van der Waals surface area contributed by atoms with Crippen LogP contribution in [-0.2, 0) is 0 Å². The Morgan fingerprint density at radius 1 is 0.667 bits per heavy atom. The molecule has 0 fully saturated rings. The van der Waals surface area contributed by atoms with Gasteiger partial charge in [0.15, 0.2) is 0 Å². The summed E-state index contributed by atoms with van der Waals surface area (Å²) in [4.78, 5) is 0. The molecule has 0 spiro atoms. The van der Waals surface area contributed by atoms with Gasteiger partial charge in [-0.3, -0.25) is 0 Å². The van der Waals surface area contributed by atoms with Crippen LogP contribution in [0.15, 0.2) is 110 Å². The summed E-state index contributed by atoms with van der Waals surface area (Å²) in [6, 6.07) is 27.4. The van der Waals surface area contributed by atoms with E-state index in [1.165, 1.54) is 21.9 Å². The third kappa shape index (κ3) is 2.86. The molecule has 33 heavy (non-hydrogen) atoms. The molecule has 0 aliphatic heterocycles. The number of furan rings is 2. The fourth-order valence-corrected chi connectivity index (χ4v) is 5.60. The molecule has 1 atom stereocenters. The van der Waals surface area contributed by atoms with Crippen molar-refractivity contribution in [2.45, 2.75) is 12.3 Å². The Balaban J connectivity index is 1.41. The maximum absolute atomic E-state index is 6.38. The van der Waals surface area contributed by atoms with Gasteiger partial charge in [0.1, 0.15) is 22.3 Å². The van der Waals surface area contributed by atoms with Crippen LogP contribution < -0.4 is 0 Å². The summed E-state index contributed by atoms with van der Waals surface area (Å²) in [6.45, 7) is 0. The molecule has 2 nitrogen and oxygen atoms in total. The number of benzene rings is 4. The van der Waals surface area contributed by atoms with Gasteiger partial charge in [-0.05, 0) is 40.1 Å². The Hall–Kier alpha value is -3.56. The minimum absolute atomic E-state index is 0.237. The Labute approximate surface area is 198 Å². The Bertz CT molecular complexity index is 1760. The van der Waals surface area contributed by atoms with Crippen molar-refractivity contribution in [3.63, 3.8) is 0 Å². The standard InChI is InChI=1S/C30H19BrO2/c31-26-15-6-14-25-24-13-5-11-21(29(24)33-30(25)26)19-8-3-7-18(17-19)20-10-4-12-23-22-9-1-2-16-27(22)32-28(20)23/h1-6,8-18H,7H2. The van der Waals surface area contributed by atoms with Gasteiger partial charge in [0.05, 0.1) is 4.47 Å². The molecule has 0 amide bonds. The molecule has 0 radical (unpaired) electrons. The van der Waals surface area contributed by atoms with E-state index in [0.717, 1.165) is 49.6 Å². The van der Waals surface area contributed by atoms with Gasteiger partial charge >= 0.3 is 0 Å². The minimum atomic E-state index is 0.237. The lowest BCUT2D eigenvalue weighted by atomic mass is 9.86. The van der Waals surface area contributed by atoms with E-state index in [-0.39, 0.29) is 5.92 Å². The second-order valence-corrected chi connectivity index (χ2v) is 9.44. The number of fused-ring (bicyclic) bond motifs is 6. The van der Waals surface area contributed by atoms with E-state index < -0.39 is 0 Å². The summed E-state index contributed by atoms with van der Waals surface area (Å²) < 4.78 is 13.7. The quantitative estimate of drug-likeness (QED) is 0.241. The molecule has 0 saturated carbocycles. The first-order valence-corrected chi connectivity index (χ1v) is 12.0. The van der Waals surface area contributed by atoms with Crippen molar-refractivity contribution in [2.75, 3.05) is 0 Å². The molecule has 3 heteroatoms. The van der Waals surface area contributed by atoms with Gasteiger partial charge < -0.3 is 8.83 Å². The third-order valence-corrected chi connectivity index (χ3v) is 7.31. The normalized spacial score (nSPS) is 16.3. The lowest BCUT2D eigenvalue weighted by Gasteiger charge is -2.18. The molecule has 1 aliphatic rings. The number of para-hydroxylation sites is 4. The van der Waals surface area contributed by atoms with E-state index in [1.807, 2.05) is 18.2 Å². The second-order valence-electron chi connectivity index (χ2n) is 8.59. The molecule has 0 saturated heterocycles. The Kier molecular flexibility index (Phi) is 4.15. The van der Waals surface area contributed by atoms with Crippen LogP contribution in [0.4, 0.5) is 0 Å². The molecule has 1 unspecified atom stereocenters. The lowest BCUT2D eigenvalue weighted by Crippen LogP contribution is -2.00. The maximum atomic E-state index is 6.38. The highest BCUT2D eigenvalue weighted by atomic mass is 79.9. The van der Waals surface area contributed by atoms with E-state index in [4.69, 9.17) is 8.83 Å². The van der Waals surface area contributed by atoms with Crippen molar-refractivity contribution in [2.24, 2.45) is 0 Å². The predicted molar refractivity (Wildman–Crippen MR) is 140 cm³/mol. The van der Waals surface area contributed by atoms with Gasteiger partial charge in [0, 0.05) is 38.6 Å². The van der Waals surface area contributed by atoms with Crippen LogP contribution in [-0.4, -0.2) is 0 Å². The largest absolute Gasteiger partial charge is 0.456 e. The lowest BCUT2D eigenvalue weighted by molar-refractivity contribution is 0.657. The molecular formula is C30H19BrO2. The van der Waals surface area contributed by atoms with Crippen molar-refractivity contribution >= 4 is 65.4 Å². The highest BCUT2D eigenvalue weighted by Crippen LogP contribution is 2.41. The van der Waals surface area contributed by atoms with Crippen LogP contribution in [0.1, 0.15) is 23.5 Å². The topological polar surface area (TPSA) is 26.3 Å². The van der Waals surface area contributed by atoms with E-state index in [9.17, 15) is 0 Å². The Morgan fingerprint density at radius 3 is 2.30 bits per heavy atom. The van der Waals surface area contributed by atoms with Gasteiger partial charge in [-0.25, -0.2) is 0 Å². The molecule has 6 aromatic rings. The van der Waals surface area contributed by atoms with Gasteiger partial charge in [-0.1, -0.05) is 85.0 Å². The molecule has 4 aromatic carbocycles. The highest BCUT2D eigenvalue weighted by molar-refractivity contribution is 9.10. The molecule has 0 bridgehead atoms. The molecule has 2 heterocycles. The summed E-state index contributed by atoms with van der Waals surface area (Å²) in [5.74, 6) is 0.237. The van der Waals surface area contributed by atoms with Gasteiger partial charge in [-0.15, -0.1) is 0 Å². The van der Waals surface area contributed by atoms with Crippen molar-refractivity contribution < 1.29 is 8.83 Å². The van der Waals surface area contributed by atoms with Crippen molar-refractivity contribution in [1.29, 1.82) is 0 Å². The molecule has 0 N–H and O–H groups in total. The predicted octanol–water partition coefficient (Wildman–Crippen LogP) is 9.37. The Morgan fingerprint density at radius 2 is 1.39 bits per heavy atom. The van der Waals surface area contributed by atoms with Crippen molar-refractivity contribution in [3.05, 3.63) is 113 Å². The zero-order valence-electron chi connectivity index (χ0n) is 17.7.